The van der Waals surface area contributed by atoms with E-state index in [9.17, 15) is 12.8 Å². The van der Waals surface area contributed by atoms with Crippen molar-refractivity contribution < 1.29 is 17.3 Å². The van der Waals surface area contributed by atoms with Gasteiger partial charge in [0.05, 0.1) is 4.90 Å². The molecule has 1 unspecified atom stereocenters. The summed E-state index contributed by atoms with van der Waals surface area (Å²) in [5.41, 5.74) is 1.96. The van der Waals surface area contributed by atoms with Crippen LogP contribution in [0.25, 0.3) is 0 Å². The van der Waals surface area contributed by atoms with Gasteiger partial charge in [0.25, 0.3) is 0 Å². The van der Waals surface area contributed by atoms with E-state index in [-0.39, 0.29) is 10.9 Å². The van der Waals surface area contributed by atoms with Crippen LogP contribution in [-0.2, 0) is 29.4 Å². The van der Waals surface area contributed by atoms with Gasteiger partial charge in [-0.2, -0.15) is 0 Å². The summed E-state index contributed by atoms with van der Waals surface area (Å²) in [6.07, 6.45) is 4.31. The maximum atomic E-state index is 13.0. The SMILES string of the molecule is O=S(=O)(NC1CCc2onc(CN3CCCC3)c2C1)c1ccc(F)cc1. The number of hydrogen-bond acceptors (Lipinski definition) is 5. The Morgan fingerprint density at radius 1 is 1.23 bits per heavy atom. The number of fused-ring (bicyclic) bond motifs is 1. The number of nitrogens with zero attached hydrogens (tertiary/aromatic N) is 2. The zero-order chi connectivity index (χ0) is 18.1. The van der Waals surface area contributed by atoms with Gasteiger partial charge in [-0.1, -0.05) is 5.16 Å². The van der Waals surface area contributed by atoms with Gasteiger partial charge in [-0.3, -0.25) is 4.90 Å². The fraction of sp³-hybridized carbons (Fsp3) is 0.500. The molecular formula is C18H22FN3O3S. The second-order valence-electron chi connectivity index (χ2n) is 7.03. The monoisotopic (exact) mass is 379 g/mol. The van der Waals surface area contributed by atoms with Crippen molar-refractivity contribution in [2.75, 3.05) is 13.1 Å². The van der Waals surface area contributed by atoms with E-state index in [4.69, 9.17) is 4.52 Å². The first kappa shape index (κ1) is 17.6. The summed E-state index contributed by atoms with van der Waals surface area (Å²) < 4.78 is 46.4. The molecule has 1 aliphatic carbocycles. The van der Waals surface area contributed by atoms with Gasteiger partial charge in [0.2, 0.25) is 10.0 Å². The van der Waals surface area contributed by atoms with Crippen LogP contribution >= 0.6 is 0 Å². The molecule has 1 saturated heterocycles. The van der Waals surface area contributed by atoms with Crippen LogP contribution in [0.3, 0.4) is 0 Å². The Balaban J connectivity index is 1.47. The number of benzene rings is 1. The minimum atomic E-state index is -3.68. The Kier molecular flexibility index (Phi) is 4.81. The number of sulfonamides is 1. The van der Waals surface area contributed by atoms with Gasteiger partial charge >= 0.3 is 0 Å². The van der Waals surface area contributed by atoms with Crippen molar-refractivity contribution in [2.24, 2.45) is 0 Å². The quantitative estimate of drug-likeness (QED) is 0.862. The molecule has 1 atom stereocenters. The topological polar surface area (TPSA) is 75.4 Å². The molecule has 1 N–H and O–H groups in total. The average molecular weight is 379 g/mol. The summed E-state index contributed by atoms with van der Waals surface area (Å²) in [7, 11) is -3.68. The van der Waals surface area contributed by atoms with E-state index in [2.05, 4.69) is 14.8 Å². The van der Waals surface area contributed by atoms with Gasteiger partial charge in [0, 0.05) is 24.6 Å². The lowest BCUT2D eigenvalue weighted by molar-refractivity contribution is 0.310. The predicted octanol–water partition coefficient (Wildman–Crippen LogP) is 2.25. The molecule has 1 aliphatic heterocycles. The number of hydrogen-bond donors (Lipinski definition) is 1. The Hall–Kier alpha value is -1.77. The summed E-state index contributed by atoms with van der Waals surface area (Å²) in [5.74, 6) is 0.415. The van der Waals surface area contributed by atoms with E-state index in [0.717, 1.165) is 48.8 Å². The molecule has 4 rings (SSSR count). The number of aryl methyl sites for hydroxylation is 1. The molecule has 8 heteroatoms. The van der Waals surface area contributed by atoms with Crippen molar-refractivity contribution in [1.82, 2.24) is 14.8 Å². The van der Waals surface area contributed by atoms with Gasteiger partial charge in [0.1, 0.15) is 17.3 Å². The van der Waals surface area contributed by atoms with Crippen molar-refractivity contribution in [1.29, 1.82) is 0 Å². The molecule has 0 saturated carbocycles. The number of rotatable bonds is 5. The average Bonchev–Trinajstić information content (AvgIpc) is 3.26. The van der Waals surface area contributed by atoms with Crippen molar-refractivity contribution in [3.63, 3.8) is 0 Å². The van der Waals surface area contributed by atoms with E-state index in [0.29, 0.717) is 19.3 Å². The van der Waals surface area contributed by atoms with E-state index < -0.39 is 15.8 Å². The summed E-state index contributed by atoms with van der Waals surface area (Å²) in [4.78, 5) is 2.43. The van der Waals surface area contributed by atoms with Crippen molar-refractivity contribution in [2.45, 2.75) is 49.6 Å². The molecule has 1 aromatic heterocycles. The summed E-state index contributed by atoms with van der Waals surface area (Å²) in [6.45, 7) is 2.90. The zero-order valence-corrected chi connectivity index (χ0v) is 15.3. The highest BCUT2D eigenvalue weighted by Gasteiger charge is 2.29. The standard InChI is InChI=1S/C18H22FN3O3S/c19-13-3-6-15(7-4-13)26(23,24)21-14-5-8-18-16(11-14)17(20-25-18)12-22-9-1-2-10-22/h3-4,6-7,14,21H,1-2,5,8-12H2. The summed E-state index contributed by atoms with van der Waals surface area (Å²) >= 11 is 0. The molecule has 6 nitrogen and oxygen atoms in total. The normalized spacial score (nSPS) is 21.0. The smallest absolute Gasteiger partial charge is 0.240 e. The van der Waals surface area contributed by atoms with Gasteiger partial charge in [-0.15, -0.1) is 0 Å². The first-order valence-corrected chi connectivity index (χ1v) is 10.5. The maximum Gasteiger partial charge on any atom is 0.240 e. The fourth-order valence-corrected chi connectivity index (χ4v) is 5.01. The Bertz CT molecular complexity index is 874. The fourth-order valence-electron chi connectivity index (χ4n) is 3.74. The number of likely N-dealkylation sites (tertiary alicyclic amines) is 1. The van der Waals surface area contributed by atoms with Crippen LogP contribution in [0.2, 0.25) is 0 Å². The third-order valence-electron chi connectivity index (χ3n) is 5.14. The minimum Gasteiger partial charge on any atom is -0.361 e. The van der Waals surface area contributed by atoms with Crippen molar-refractivity contribution in [3.8, 4) is 0 Å². The Morgan fingerprint density at radius 2 is 1.96 bits per heavy atom. The van der Waals surface area contributed by atoms with Crippen LogP contribution in [-0.4, -0.2) is 37.6 Å². The highest BCUT2D eigenvalue weighted by molar-refractivity contribution is 7.89. The molecule has 26 heavy (non-hydrogen) atoms. The minimum absolute atomic E-state index is 0.0762. The van der Waals surface area contributed by atoms with Crippen LogP contribution in [0.15, 0.2) is 33.7 Å². The van der Waals surface area contributed by atoms with E-state index >= 15 is 0 Å². The molecule has 1 fully saturated rings. The maximum absolute atomic E-state index is 13.0. The predicted molar refractivity (Wildman–Crippen MR) is 93.5 cm³/mol. The van der Waals surface area contributed by atoms with E-state index in [1.807, 2.05) is 0 Å². The molecule has 2 aromatic rings. The zero-order valence-electron chi connectivity index (χ0n) is 14.4. The molecule has 2 aliphatic rings. The van der Waals surface area contributed by atoms with E-state index in [1.54, 1.807) is 0 Å². The van der Waals surface area contributed by atoms with Gasteiger partial charge < -0.3 is 4.52 Å². The second-order valence-corrected chi connectivity index (χ2v) is 8.74. The van der Waals surface area contributed by atoms with Crippen LogP contribution in [0.5, 0.6) is 0 Å². The van der Waals surface area contributed by atoms with Crippen LogP contribution in [0.1, 0.15) is 36.3 Å². The molecule has 0 radical (unpaired) electrons. The van der Waals surface area contributed by atoms with Crippen LogP contribution < -0.4 is 4.72 Å². The highest BCUT2D eigenvalue weighted by atomic mass is 32.2. The van der Waals surface area contributed by atoms with Crippen LogP contribution in [0, 0.1) is 5.82 Å². The summed E-state index contributed by atoms with van der Waals surface area (Å²) in [6, 6.07) is 4.66. The number of aromatic nitrogens is 1. The Labute approximate surface area is 152 Å². The largest absolute Gasteiger partial charge is 0.361 e. The lowest BCUT2D eigenvalue weighted by Crippen LogP contribution is -2.39. The number of nitrogens with one attached hydrogen (secondary N) is 1. The van der Waals surface area contributed by atoms with Crippen molar-refractivity contribution >= 4 is 10.0 Å². The van der Waals surface area contributed by atoms with Crippen molar-refractivity contribution in [3.05, 3.63) is 47.1 Å². The molecule has 0 bridgehead atoms. The molecule has 0 amide bonds. The van der Waals surface area contributed by atoms with Gasteiger partial charge in [-0.05, 0) is 63.0 Å². The lowest BCUT2D eigenvalue weighted by atomic mass is 9.92. The lowest BCUT2D eigenvalue weighted by Gasteiger charge is -2.23. The van der Waals surface area contributed by atoms with Gasteiger partial charge in [0.15, 0.2) is 0 Å². The molecule has 2 heterocycles. The first-order valence-electron chi connectivity index (χ1n) is 8.98. The molecular weight excluding hydrogens is 357 g/mol. The third kappa shape index (κ3) is 3.67. The molecule has 1 aromatic carbocycles. The highest BCUT2D eigenvalue weighted by Crippen LogP contribution is 2.27. The van der Waals surface area contributed by atoms with Gasteiger partial charge in [-0.25, -0.2) is 17.5 Å². The second kappa shape index (κ2) is 7.09. The van der Waals surface area contributed by atoms with E-state index in [1.165, 1.54) is 25.0 Å². The number of halogens is 1. The molecule has 140 valence electrons. The molecule has 0 spiro atoms. The van der Waals surface area contributed by atoms with Crippen LogP contribution in [0.4, 0.5) is 4.39 Å². The third-order valence-corrected chi connectivity index (χ3v) is 6.68. The summed E-state index contributed by atoms with van der Waals surface area (Å²) in [5, 5.41) is 4.22. The first-order chi connectivity index (χ1) is 12.5. The Morgan fingerprint density at radius 3 is 2.69 bits per heavy atom.